The maximum Gasteiger partial charge on any atom is 0.234 e. The summed E-state index contributed by atoms with van der Waals surface area (Å²) in [5.74, 6) is 1.41. The summed E-state index contributed by atoms with van der Waals surface area (Å²) in [4.78, 5) is 25.1. The topological polar surface area (TPSA) is 98.1 Å². The summed E-state index contributed by atoms with van der Waals surface area (Å²) in [6.45, 7) is 8.44. The monoisotopic (exact) mass is 481 g/mol. The van der Waals surface area contributed by atoms with E-state index in [9.17, 15) is 9.59 Å². The normalized spacial score (nSPS) is 11.7. The van der Waals surface area contributed by atoms with Crippen LogP contribution in [0.25, 0.3) is 0 Å². The third-order valence-corrected chi connectivity index (χ3v) is 6.39. The van der Waals surface area contributed by atoms with Crippen molar-refractivity contribution in [2.24, 2.45) is 0 Å². The first kappa shape index (κ1) is 25.3. The van der Waals surface area contributed by atoms with Gasteiger partial charge < -0.3 is 19.9 Å². The zero-order valence-corrected chi connectivity index (χ0v) is 21.0. The maximum atomic E-state index is 12.5. The highest BCUT2D eigenvalue weighted by atomic mass is 32.2. The van der Waals surface area contributed by atoms with E-state index in [0.717, 1.165) is 28.1 Å². The molecule has 2 aromatic carbocycles. The van der Waals surface area contributed by atoms with Gasteiger partial charge in [0.1, 0.15) is 5.75 Å². The van der Waals surface area contributed by atoms with Gasteiger partial charge in [-0.2, -0.15) is 0 Å². The molecule has 2 N–H and O–H groups in total. The van der Waals surface area contributed by atoms with Crippen molar-refractivity contribution >= 4 is 29.3 Å². The minimum absolute atomic E-state index is 0.101. The Morgan fingerprint density at radius 1 is 1.06 bits per heavy atom. The van der Waals surface area contributed by atoms with Crippen LogP contribution in [0.4, 0.5) is 5.69 Å². The van der Waals surface area contributed by atoms with Crippen LogP contribution in [0, 0.1) is 13.8 Å². The smallest absolute Gasteiger partial charge is 0.234 e. The Morgan fingerprint density at radius 3 is 2.35 bits per heavy atom. The molecule has 0 aliphatic rings. The summed E-state index contributed by atoms with van der Waals surface area (Å²) in [6, 6.07) is 13.0. The Kier molecular flexibility index (Phi) is 8.70. The molecule has 180 valence electrons. The van der Waals surface area contributed by atoms with Crippen molar-refractivity contribution < 1.29 is 14.3 Å². The Bertz CT molecular complexity index is 1120. The molecule has 8 nitrogen and oxygen atoms in total. The third kappa shape index (κ3) is 6.38. The number of anilines is 1. The van der Waals surface area contributed by atoms with Crippen molar-refractivity contribution in [3.63, 3.8) is 0 Å². The molecule has 34 heavy (non-hydrogen) atoms. The van der Waals surface area contributed by atoms with E-state index < -0.39 is 0 Å². The van der Waals surface area contributed by atoms with Crippen LogP contribution in [0.1, 0.15) is 42.4 Å². The van der Waals surface area contributed by atoms with Crippen molar-refractivity contribution in [3.05, 3.63) is 65.0 Å². The number of methoxy groups -OCH3 is 1. The van der Waals surface area contributed by atoms with Crippen LogP contribution in [0.5, 0.6) is 5.75 Å². The Hall–Kier alpha value is -3.33. The number of hydrogen-bond acceptors (Lipinski definition) is 6. The van der Waals surface area contributed by atoms with Crippen LogP contribution in [-0.2, 0) is 22.6 Å². The van der Waals surface area contributed by atoms with Gasteiger partial charge >= 0.3 is 0 Å². The van der Waals surface area contributed by atoms with Crippen molar-refractivity contribution in [1.29, 1.82) is 0 Å². The summed E-state index contributed by atoms with van der Waals surface area (Å²) in [5.41, 5.74) is 3.79. The number of carbonyl (C=O) groups is 2. The van der Waals surface area contributed by atoms with Crippen LogP contribution in [0.3, 0.4) is 0 Å². The van der Waals surface area contributed by atoms with Gasteiger partial charge in [0.2, 0.25) is 11.8 Å². The number of hydrogen-bond donors (Lipinski definition) is 2. The van der Waals surface area contributed by atoms with Crippen molar-refractivity contribution in [1.82, 2.24) is 20.1 Å². The lowest BCUT2D eigenvalue weighted by Gasteiger charge is -2.15. The Labute approximate surface area is 204 Å². The molecule has 0 saturated heterocycles. The Balaban J connectivity index is 1.59. The molecule has 0 aliphatic carbocycles. The number of carbonyl (C=O) groups excluding carboxylic acids is 2. The highest BCUT2D eigenvalue weighted by Crippen LogP contribution is 2.23. The first-order valence-electron chi connectivity index (χ1n) is 11.2. The molecule has 1 heterocycles. The standard InChI is InChI=1S/C25H31N5O3S/c1-6-30-24(18(4)26-21(31)14-19-10-12-20(33-5)13-11-19)28-29-25(30)34-15-22(32)27-23-16(2)8-7-9-17(23)3/h7-13,18H,6,14-15H2,1-5H3,(H,26,31)(H,27,32)/t18-/m1/s1. The molecule has 0 bridgehead atoms. The molecule has 0 saturated carbocycles. The number of ether oxygens (including phenoxy) is 1. The molecule has 1 atom stereocenters. The van der Waals surface area contributed by atoms with Crippen molar-refractivity contribution in [2.45, 2.75) is 51.9 Å². The van der Waals surface area contributed by atoms with Crippen LogP contribution in [-0.4, -0.2) is 39.4 Å². The molecule has 3 aromatic rings. The van der Waals surface area contributed by atoms with Gasteiger partial charge in [-0.3, -0.25) is 9.59 Å². The van der Waals surface area contributed by atoms with Gasteiger partial charge in [0.15, 0.2) is 11.0 Å². The van der Waals surface area contributed by atoms with Crippen LogP contribution in [0.2, 0.25) is 0 Å². The molecule has 0 unspecified atom stereocenters. The average molecular weight is 482 g/mol. The van der Waals surface area contributed by atoms with E-state index in [1.54, 1.807) is 7.11 Å². The lowest BCUT2D eigenvalue weighted by atomic mass is 10.1. The van der Waals surface area contributed by atoms with Crippen LogP contribution >= 0.6 is 11.8 Å². The zero-order chi connectivity index (χ0) is 24.7. The van der Waals surface area contributed by atoms with Crippen LogP contribution in [0.15, 0.2) is 47.6 Å². The molecule has 0 aliphatic heterocycles. The Morgan fingerprint density at radius 2 is 1.74 bits per heavy atom. The van der Waals surface area contributed by atoms with Gasteiger partial charge in [-0.25, -0.2) is 0 Å². The van der Waals surface area contributed by atoms with E-state index in [2.05, 4.69) is 20.8 Å². The van der Waals surface area contributed by atoms with Crippen molar-refractivity contribution in [2.75, 3.05) is 18.2 Å². The molecule has 0 spiro atoms. The predicted molar refractivity (Wildman–Crippen MR) is 134 cm³/mol. The molecule has 9 heteroatoms. The quantitative estimate of drug-likeness (QED) is 0.424. The fourth-order valence-corrected chi connectivity index (χ4v) is 4.44. The molecule has 0 radical (unpaired) electrons. The second kappa shape index (κ2) is 11.7. The number of nitrogens with zero attached hydrogens (tertiary/aromatic N) is 3. The number of benzene rings is 2. The van der Waals surface area contributed by atoms with Gasteiger partial charge in [-0.05, 0) is 56.5 Å². The van der Waals surface area contributed by atoms with E-state index in [0.29, 0.717) is 17.5 Å². The number of para-hydroxylation sites is 1. The van der Waals surface area contributed by atoms with E-state index in [1.165, 1.54) is 11.8 Å². The molecule has 2 amide bonds. The highest BCUT2D eigenvalue weighted by Gasteiger charge is 2.20. The SMILES string of the molecule is CCn1c(SCC(=O)Nc2c(C)cccc2C)nnc1[C@@H](C)NC(=O)Cc1ccc(OC)cc1. The second-order valence-electron chi connectivity index (χ2n) is 8.00. The number of nitrogens with one attached hydrogen (secondary N) is 2. The number of thioether (sulfide) groups is 1. The summed E-state index contributed by atoms with van der Waals surface area (Å²) >= 11 is 1.33. The van der Waals surface area contributed by atoms with Gasteiger partial charge in [0, 0.05) is 12.2 Å². The maximum absolute atomic E-state index is 12.5. The van der Waals surface area contributed by atoms with Gasteiger partial charge in [-0.1, -0.05) is 42.1 Å². The average Bonchev–Trinajstić information content (AvgIpc) is 3.23. The van der Waals surface area contributed by atoms with Gasteiger partial charge in [0.25, 0.3) is 0 Å². The van der Waals surface area contributed by atoms with Crippen molar-refractivity contribution in [3.8, 4) is 5.75 Å². The third-order valence-electron chi connectivity index (χ3n) is 5.43. The molecular formula is C25H31N5O3S. The lowest BCUT2D eigenvalue weighted by molar-refractivity contribution is -0.121. The van der Waals surface area contributed by atoms with Gasteiger partial charge in [0.05, 0.1) is 25.3 Å². The molecule has 1 aromatic heterocycles. The molecular weight excluding hydrogens is 450 g/mol. The number of aryl methyl sites for hydroxylation is 2. The number of amides is 2. The minimum atomic E-state index is -0.323. The first-order valence-corrected chi connectivity index (χ1v) is 12.1. The lowest BCUT2D eigenvalue weighted by Crippen LogP contribution is -2.30. The highest BCUT2D eigenvalue weighted by molar-refractivity contribution is 7.99. The molecule has 3 rings (SSSR count). The first-order chi connectivity index (χ1) is 16.3. The number of aromatic nitrogens is 3. The summed E-state index contributed by atoms with van der Waals surface area (Å²) < 4.78 is 7.08. The molecule has 0 fully saturated rings. The second-order valence-corrected chi connectivity index (χ2v) is 8.95. The fraction of sp³-hybridized carbons (Fsp3) is 0.360. The summed E-state index contributed by atoms with van der Waals surface area (Å²) in [5, 5.41) is 15.2. The summed E-state index contributed by atoms with van der Waals surface area (Å²) in [7, 11) is 1.61. The van der Waals surface area contributed by atoms with E-state index in [4.69, 9.17) is 4.74 Å². The van der Waals surface area contributed by atoms with E-state index in [1.807, 2.05) is 74.7 Å². The van der Waals surface area contributed by atoms with E-state index in [-0.39, 0.29) is 30.0 Å². The predicted octanol–water partition coefficient (Wildman–Crippen LogP) is 4.07. The van der Waals surface area contributed by atoms with Crippen LogP contribution < -0.4 is 15.4 Å². The number of rotatable bonds is 10. The fourth-order valence-electron chi connectivity index (χ4n) is 3.63. The largest absolute Gasteiger partial charge is 0.497 e. The van der Waals surface area contributed by atoms with E-state index >= 15 is 0 Å². The zero-order valence-electron chi connectivity index (χ0n) is 20.2. The minimum Gasteiger partial charge on any atom is -0.497 e. The van der Waals surface area contributed by atoms with Gasteiger partial charge in [-0.15, -0.1) is 10.2 Å². The summed E-state index contributed by atoms with van der Waals surface area (Å²) in [6.07, 6.45) is 0.259.